The Morgan fingerprint density at radius 1 is 0.533 bits per heavy atom. The molecule has 0 amide bonds. The molecule has 0 spiro atoms. The summed E-state index contributed by atoms with van der Waals surface area (Å²) >= 11 is 0. The molecule has 90 valence electrons. The Bertz CT molecular complexity index is 89.5. The summed E-state index contributed by atoms with van der Waals surface area (Å²) in [5.74, 6) is 0. The van der Waals surface area contributed by atoms with E-state index < -0.39 is 0 Å². The summed E-state index contributed by atoms with van der Waals surface area (Å²) in [7, 11) is 0. The van der Waals surface area contributed by atoms with Gasteiger partial charge in [0.2, 0.25) is 0 Å². The summed E-state index contributed by atoms with van der Waals surface area (Å²) in [6, 6.07) is 0. The van der Waals surface area contributed by atoms with Gasteiger partial charge in [0, 0.05) is 6.54 Å². The molecule has 0 atom stereocenters. The summed E-state index contributed by atoms with van der Waals surface area (Å²) < 4.78 is 0. The molecule has 0 aliphatic carbocycles. The smallest absolute Gasteiger partial charge is 0.0321 e. The third kappa shape index (κ3) is 14.0. The lowest BCUT2D eigenvalue weighted by atomic mass is 10.1. The van der Waals surface area contributed by atoms with E-state index in [0.29, 0.717) is 6.54 Å². The van der Waals surface area contributed by atoms with Gasteiger partial charge in [0.05, 0.1) is 0 Å². The molecule has 0 aromatic carbocycles. The monoisotopic (exact) mass is 211 g/mol. The first-order valence-corrected chi connectivity index (χ1v) is 7.02. The lowest BCUT2D eigenvalue weighted by Crippen LogP contribution is -1.86. The molecular formula is C14H29N. The van der Waals surface area contributed by atoms with Gasteiger partial charge in [-0.25, -0.2) is 0 Å². The summed E-state index contributed by atoms with van der Waals surface area (Å²) in [6.45, 7) is 2.64. The summed E-state index contributed by atoms with van der Waals surface area (Å²) in [5.41, 5.74) is 8.61. The highest BCUT2D eigenvalue weighted by molar-refractivity contribution is 4.48. The second kappa shape index (κ2) is 14.0. The summed E-state index contributed by atoms with van der Waals surface area (Å²) in [6.07, 6.45) is 16.2. The van der Waals surface area contributed by atoms with E-state index in [1.807, 2.05) is 0 Å². The van der Waals surface area contributed by atoms with Gasteiger partial charge in [0.25, 0.3) is 0 Å². The lowest BCUT2D eigenvalue weighted by molar-refractivity contribution is 0.544. The Kier molecular flexibility index (Phi) is 13.9. The molecule has 0 saturated heterocycles. The minimum atomic E-state index is 0.372. The van der Waals surface area contributed by atoms with Crippen molar-refractivity contribution in [3.63, 3.8) is 0 Å². The van der Waals surface area contributed by atoms with Crippen LogP contribution >= 0.6 is 0 Å². The van der Waals surface area contributed by atoms with Gasteiger partial charge in [-0.05, 0) is 6.42 Å². The Morgan fingerprint density at radius 3 is 1.20 bits per heavy atom. The predicted octanol–water partition coefficient (Wildman–Crippen LogP) is 4.76. The second-order valence-corrected chi connectivity index (χ2v) is 4.61. The van der Waals surface area contributed by atoms with Gasteiger partial charge >= 0.3 is 0 Å². The van der Waals surface area contributed by atoms with E-state index in [1.54, 1.807) is 0 Å². The van der Waals surface area contributed by atoms with Crippen molar-refractivity contribution in [1.29, 1.82) is 0 Å². The number of rotatable bonds is 12. The molecule has 0 aromatic rings. The molecule has 15 heavy (non-hydrogen) atoms. The molecule has 1 heteroatoms. The Hall–Kier alpha value is -0.0400. The van der Waals surface area contributed by atoms with Crippen molar-refractivity contribution < 1.29 is 0 Å². The minimum absolute atomic E-state index is 0.372. The Balaban J connectivity index is 2.81. The van der Waals surface area contributed by atoms with Crippen LogP contribution in [-0.2, 0) is 0 Å². The standard InChI is InChI=1S/C14H29N/c1-2-3-4-5-6-7-8-9-10-11-12-13-14-15/h2-14H2,1H3. The fourth-order valence-corrected chi connectivity index (χ4v) is 1.95. The third-order valence-electron chi connectivity index (χ3n) is 3.01. The molecule has 0 heterocycles. The molecule has 0 bridgehead atoms. The van der Waals surface area contributed by atoms with E-state index in [9.17, 15) is 0 Å². The van der Waals surface area contributed by atoms with Crippen molar-refractivity contribution in [2.45, 2.75) is 84.0 Å². The molecule has 1 nitrogen and oxygen atoms in total. The van der Waals surface area contributed by atoms with E-state index >= 15 is 0 Å². The van der Waals surface area contributed by atoms with E-state index in [4.69, 9.17) is 5.73 Å². The van der Waals surface area contributed by atoms with Gasteiger partial charge < -0.3 is 0 Å². The maximum absolute atomic E-state index is 8.61. The van der Waals surface area contributed by atoms with E-state index in [1.165, 1.54) is 70.6 Å². The van der Waals surface area contributed by atoms with Crippen LogP contribution in [-0.4, -0.2) is 6.54 Å². The largest absolute Gasteiger partial charge is 0.145 e. The highest BCUT2D eigenvalue weighted by atomic mass is 14.5. The highest BCUT2D eigenvalue weighted by Crippen LogP contribution is 2.11. The fourth-order valence-electron chi connectivity index (χ4n) is 1.95. The molecule has 0 aliphatic heterocycles. The minimum Gasteiger partial charge on any atom is -0.145 e. The average molecular weight is 211 g/mol. The van der Waals surface area contributed by atoms with Crippen LogP contribution in [0, 0.1) is 0 Å². The molecule has 0 fully saturated rings. The van der Waals surface area contributed by atoms with Crippen LogP contribution in [0.3, 0.4) is 0 Å². The van der Waals surface area contributed by atoms with Crippen LogP contribution in [0.25, 0.3) is 0 Å². The van der Waals surface area contributed by atoms with Gasteiger partial charge in [0.15, 0.2) is 0 Å². The van der Waals surface area contributed by atoms with Crippen LogP contribution < -0.4 is 5.73 Å². The number of hydrogen-bond donors (Lipinski definition) is 0. The Morgan fingerprint density at radius 2 is 0.867 bits per heavy atom. The molecule has 2 radical (unpaired) electrons. The SMILES string of the molecule is CCCCCCCCCCCCCC[N]. The predicted molar refractivity (Wildman–Crippen MR) is 68.1 cm³/mol. The van der Waals surface area contributed by atoms with E-state index in [0.717, 1.165) is 6.42 Å². The summed E-state index contributed by atoms with van der Waals surface area (Å²) in [5, 5.41) is 0. The molecule has 0 N–H and O–H groups in total. The topological polar surface area (TPSA) is 22.3 Å². The molecule has 0 aromatic heterocycles. The summed E-state index contributed by atoms with van der Waals surface area (Å²) in [4.78, 5) is 0. The molecule has 0 unspecified atom stereocenters. The van der Waals surface area contributed by atoms with Crippen LogP contribution in [0.5, 0.6) is 0 Å². The zero-order valence-corrected chi connectivity index (χ0v) is 10.6. The van der Waals surface area contributed by atoms with Crippen molar-refractivity contribution in [3.05, 3.63) is 0 Å². The quantitative estimate of drug-likeness (QED) is 0.415. The van der Waals surface area contributed by atoms with Crippen molar-refractivity contribution in [2.24, 2.45) is 0 Å². The first-order valence-electron chi connectivity index (χ1n) is 7.02. The third-order valence-corrected chi connectivity index (χ3v) is 3.01. The second-order valence-electron chi connectivity index (χ2n) is 4.61. The van der Waals surface area contributed by atoms with Gasteiger partial charge in [-0.1, -0.05) is 77.6 Å². The van der Waals surface area contributed by atoms with Crippen molar-refractivity contribution in [2.75, 3.05) is 6.54 Å². The zero-order chi connectivity index (χ0) is 11.2. The molecular weight excluding hydrogens is 182 g/mol. The Labute approximate surface area is 96.8 Å². The zero-order valence-electron chi connectivity index (χ0n) is 10.6. The number of nitrogens with zero attached hydrogens (tertiary/aromatic N) is 1. The number of hydrogen-bond acceptors (Lipinski definition) is 0. The highest BCUT2D eigenvalue weighted by Gasteiger charge is 1.92. The molecule has 0 saturated carbocycles. The first kappa shape index (κ1) is 15.0. The van der Waals surface area contributed by atoms with E-state index in [-0.39, 0.29) is 0 Å². The maximum Gasteiger partial charge on any atom is 0.0321 e. The average Bonchev–Trinajstić information content (AvgIpc) is 2.26. The maximum atomic E-state index is 8.61. The fraction of sp³-hybridized carbons (Fsp3) is 1.00. The molecule has 0 rings (SSSR count). The molecule has 0 aliphatic rings. The first-order chi connectivity index (χ1) is 7.41. The van der Waals surface area contributed by atoms with Crippen molar-refractivity contribution in [3.8, 4) is 0 Å². The van der Waals surface area contributed by atoms with Gasteiger partial charge in [-0.2, -0.15) is 0 Å². The van der Waals surface area contributed by atoms with Crippen LogP contribution in [0.2, 0.25) is 0 Å². The van der Waals surface area contributed by atoms with Crippen LogP contribution in [0.4, 0.5) is 0 Å². The van der Waals surface area contributed by atoms with Gasteiger partial charge in [0.1, 0.15) is 0 Å². The lowest BCUT2D eigenvalue weighted by Gasteiger charge is -2.01. The van der Waals surface area contributed by atoms with Crippen LogP contribution in [0.1, 0.15) is 84.0 Å². The van der Waals surface area contributed by atoms with E-state index in [2.05, 4.69) is 6.92 Å². The van der Waals surface area contributed by atoms with Gasteiger partial charge in [-0.3, -0.25) is 0 Å². The van der Waals surface area contributed by atoms with Crippen molar-refractivity contribution in [1.82, 2.24) is 5.73 Å². The normalized spacial score (nSPS) is 10.8. The van der Waals surface area contributed by atoms with Crippen LogP contribution in [0.15, 0.2) is 0 Å². The van der Waals surface area contributed by atoms with Crippen molar-refractivity contribution >= 4 is 0 Å². The van der Waals surface area contributed by atoms with Gasteiger partial charge in [-0.15, -0.1) is 5.73 Å². The number of unbranched alkanes of at least 4 members (excludes halogenated alkanes) is 11.